The molecule has 124 valence electrons. The summed E-state index contributed by atoms with van der Waals surface area (Å²) in [6.45, 7) is 0.632. The fraction of sp³-hybridized carbons (Fsp3) is 0.632. The third kappa shape index (κ3) is 2.63. The molecule has 0 radical (unpaired) electrons. The Labute approximate surface area is 137 Å². The van der Waals surface area contributed by atoms with E-state index in [1.165, 1.54) is 32.1 Å². The average Bonchev–Trinajstić information content (AvgIpc) is 3.06. The highest BCUT2D eigenvalue weighted by molar-refractivity contribution is 5.91. The number of furan rings is 1. The predicted molar refractivity (Wildman–Crippen MR) is 87.5 cm³/mol. The summed E-state index contributed by atoms with van der Waals surface area (Å²) >= 11 is 0. The minimum Gasteiger partial charge on any atom is -0.472 e. The summed E-state index contributed by atoms with van der Waals surface area (Å²) in [5.74, 6) is 2.97. The van der Waals surface area contributed by atoms with E-state index in [-0.39, 0.29) is 11.5 Å². The molecular weight excluding hydrogens is 290 g/mol. The van der Waals surface area contributed by atoms with Crippen molar-refractivity contribution in [2.45, 2.75) is 37.7 Å². The molecule has 4 heteroatoms. The van der Waals surface area contributed by atoms with Gasteiger partial charge in [-0.05, 0) is 67.9 Å². The fourth-order valence-electron chi connectivity index (χ4n) is 5.50. The van der Waals surface area contributed by atoms with Crippen LogP contribution in [0.5, 0.6) is 0 Å². The second kappa shape index (κ2) is 5.82. The zero-order valence-corrected chi connectivity index (χ0v) is 13.7. The third-order valence-electron chi connectivity index (χ3n) is 6.41. The molecule has 0 unspecified atom stereocenters. The number of nitrogens with one attached hydrogen (secondary N) is 1. The Morgan fingerprint density at radius 2 is 2.00 bits per heavy atom. The Bertz CT molecular complexity index is 562. The molecule has 1 aromatic heterocycles. The van der Waals surface area contributed by atoms with Crippen molar-refractivity contribution in [3.05, 3.63) is 30.2 Å². The van der Waals surface area contributed by atoms with Crippen molar-refractivity contribution in [3.8, 4) is 0 Å². The quantitative estimate of drug-likeness (QED) is 0.849. The van der Waals surface area contributed by atoms with Crippen LogP contribution in [-0.2, 0) is 9.53 Å². The van der Waals surface area contributed by atoms with Crippen LogP contribution in [0.3, 0.4) is 0 Å². The van der Waals surface area contributed by atoms with Gasteiger partial charge in [0.2, 0.25) is 5.91 Å². The highest BCUT2D eigenvalue weighted by Crippen LogP contribution is 2.59. The van der Waals surface area contributed by atoms with Crippen molar-refractivity contribution in [2.75, 3.05) is 13.7 Å². The molecule has 4 saturated carbocycles. The van der Waals surface area contributed by atoms with E-state index in [0.29, 0.717) is 18.4 Å². The van der Waals surface area contributed by atoms with Gasteiger partial charge >= 0.3 is 0 Å². The van der Waals surface area contributed by atoms with Crippen molar-refractivity contribution >= 4 is 12.0 Å². The Hall–Kier alpha value is -1.55. The summed E-state index contributed by atoms with van der Waals surface area (Å²) in [5.41, 5.74) is 0.753. The first-order valence-corrected chi connectivity index (χ1v) is 8.73. The van der Waals surface area contributed by atoms with E-state index in [0.717, 1.165) is 17.4 Å². The van der Waals surface area contributed by atoms with Gasteiger partial charge < -0.3 is 14.5 Å². The van der Waals surface area contributed by atoms with Crippen molar-refractivity contribution < 1.29 is 13.9 Å². The zero-order valence-electron chi connectivity index (χ0n) is 13.7. The van der Waals surface area contributed by atoms with Crippen LogP contribution in [-0.4, -0.2) is 25.2 Å². The molecule has 1 aromatic rings. The lowest BCUT2D eigenvalue weighted by atomic mass is 9.49. The van der Waals surface area contributed by atoms with Crippen molar-refractivity contribution in [1.82, 2.24) is 5.32 Å². The SMILES string of the molecule is COC1(CNC(=O)/C=C/c2ccoc2)C2CC3CC(C2)CC1C3. The fourth-order valence-corrected chi connectivity index (χ4v) is 5.50. The third-order valence-corrected chi connectivity index (χ3v) is 6.41. The molecule has 1 amide bonds. The number of carbonyl (C=O) groups excluding carboxylic acids is 1. The van der Waals surface area contributed by atoms with E-state index in [4.69, 9.17) is 9.15 Å². The van der Waals surface area contributed by atoms with Crippen molar-refractivity contribution in [1.29, 1.82) is 0 Å². The monoisotopic (exact) mass is 315 g/mol. The highest BCUT2D eigenvalue weighted by Gasteiger charge is 2.57. The van der Waals surface area contributed by atoms with Gasteiger partial charge in [-0.1, -0.05) is 0 Å². The molecule has 0 saturated heterocycles. The standard InChI is InChI=1S/C19H25NO3/c1-22-19(12-20-18(21)3-2-13-4-5-23-11-13)16-7-14-6-15(9-16)10-17(19)8-14/h2-5,11,14-17H,6-10,12H2,1H3,(H,20,21)/b3-2+. The van der Waals surface area contributed by atoms with Gasteiger partial charge in [0.25, 0.3) is 0 Å². The second-order valence-corrected chi connectivity index (χ2v) is 7.57. The molecule has 0 aromatic carbocycles. The van der Waals surface area contributed by atoms with Gasteiger partial charge in [0.15, 0.2) is 0 Å². The van der Waals surface area contributed by atoms with Crippen LogP contribution in [0.2, 0.25) is 0 Å². The molecule has 1 N–H and O–H groups in total. The van der Waals surface area contributed by atoms with Crippen LogP contribution >= 0.6 is 0 Å². The van der Waals surface area contributed by atoms with Gasteiger partial charge in [0.1, 0.15) is 0 Å². The molecule has 0 spiro atoms. The molecule has 4 aliphatic carbocycles. The topological polar surface area (TPSA) is 51.5 Å². The van der Waals surface area contributed by atoms with E-state index in [1.54, 1.807) is 24.7 Å². The minimum atomic E-state index is -0.146. The van der Waals surface area contributed by atoms with Crippen LogP contribution in [0, 0.1) is 23.7 Å². The van der Waals surface area contributed by atoms with Gasteiger partial charge in [-0.25, -0.2) is 0 Å². The predicted octanol–water partition coefficient (Wildman–Crippen LogP) is 3.25. The van der Waals surface area contributed by atoms with Crippen LogP contribution in [0.4, 0.5) is 0 Å². The second-order valence-electron chi connectivity index (χ2n) is 7.57. The number of rotatable bonds is 5. The van der Waals surface area contributed by atoms with Crippen LogP contribution in [0.1, 0.15) is 37.7 Å². The molecule has 4 aliphatic rings. The summed E-state index contributed by atoms with van der Waals surface area (Å²) < 4.78 is 11.1. The Morgan fingerprint density at radius 3 is 2.57 bits per heavy atom. The first-order chi connectivity index (χ1) is 11.2. The molecule has 23 heavy (non-hydrogen) atoms. The number of ether oxygens (including phenoxy) is 1. The maximum Gasteiger partial charge on any atom is 0.244 e. The Morgan fingerprint density at radius 1 is 1.30 bits per heavy atom. The Kier molecular flexibility index (Phi) is 3.80. The van der Waals surface area contributed by atoms with Crippen LogP contribution in [0.15, 0.2) is 29.1 Å². The zero-order chi connectivity index (χ0) is 15.9. The molecular formula is C19H25NO3. The molecule has 1 heterocycles. The lowest BCUT2D eigenvalue weighted by Gasteiger charge is -2.60. The van der Waals surface area contributed by atoms with E-state index < -0.39 is 0 Å². The van der Waals surface area contributed by atoms with Crippen molar-refractivity contribution in [2.24, 2.45) is 23.7 Å². The molecule has 0 aliphatic heterocycles. The Balaban J connectivity index is 1.41. The smallest absolute Gasteiger partial charge is 0.244 e. The molecule has 4 fully saturated rings. The maximum atomic E-state index is 12.1. The van der Waals surface area contributed by atoms with Gasteiger partial charge in [-0.2, -0.15) is 0 Å². The normalized spacial score (nSPS) is 38.3. The van der Waals surface area contributed by atoms with Gasteiger partial charge in [0.05, 0.1) is 18.1 Å². The summed E-state index contributed by atoms with van der Waals surface area (Å²) in [5, 5.41) is 3.08. The number of methoxy groups -OCH3 is 1. The first kappa shape index (κ1) is 15.0. The molecule has 4 nitrogen and oxygen atoms in total. The number of amides is 1. The van der Waals surface area contributed by atoms with Crippen molar-refractivity contribution in [3.63, 3.8) is 0 Å². The number of carbonyl (C=O) groups is 1. The van der Waals surface area contributed by atoms with E-state index in [1.807, 2.05) is 13.2 Å². The first-order valence-electron chi connectivity index (χ1n) is 8.73. The largest absolute Gasteiger partial charge is 0.472 e. The van der Waals surface area contributed by atoms with Crippen LogP contribution < -0.4 is 5.32 Å². The number of hydrogen-bond donors (Lipinski definition) is 1. The lowest BCUT2D eigenvalue weighted by molar-refractivity contribution is -0.187. The lowest BCUT2D eigenvalue weighted by Crippen LogP contribution is -2.63. The number of hydrogen-bond acceptors (Lipinski definition) is 3. The molecule has 4 bridgehead atoms. The molecule has 0 atom stereocenters. The van der Waals surface area contributed by atoms with E-state index in [2.05, 4.69) is 5.32 Å². The average molecular weight is 315 g/mol. The van der Waals surface area contributed by atoms with E-state index in [9.17, 15) is 4.79 Å². The summed E-state index contributed by atoms with van der Waals surface area (Å²) in [6, 6.07) is 1.83. The maximum absolute atomic E-state index is 12.1. The highest BCUT2D eigenvalue weighted by atomic mass is 16.5. The van der Waals surface area contributed by atoms with Crippen LogP contribution in [0.25, 0.3) is 6.08 Å². The van der Waals surface area contributed by atoms with Gasteiger partial charge in [-0.15, -0.1) is 0 Å². The van der Waals surface area contributed by atoms with Gasteiger partial charge in [0, 0.05) is 25.3 Å². The summed E-state index contributed by atoms with van der Waals surface area (Å²) in [7, 11) is 1.83. The molecule has 5 rings (SSSR count). The minimum absolute atomic E-state index is 0.0589. The van der Waals surface area contributed by atoms with Gasteiger partial charge in [-0.3, -0.25) is 4.79 Å². The summed E-state index contributed by atoms with van der Waals surface area (Å²) in [6.07, 6.45) is 13.1. The summed E-state index contributed by atoms with van der Waals surface area (Å²) in [4.78, 5) is 12.1. The van der Waals surface area contributed by atoms with E-state index >= 15 is 0 Å².